The molecule has 3 heteroatoms. The molecule has 1 N–H and O–H groups in total. The molecule has 2 aliphatic rings. The molecular formula is C15H29NO2. The van der Waals surface area contributed by atoms with Gasteiger partial charge in [-0.3, -0.25) is 0 Å². The molecule has 106 valence electrons. The first-order valence-electron chi connectivity index (χ1n) is 7.68. The molecule has 1 spiro atoms. The maximum absolute atomic E-state index is 6.11. The minimum atomic E-state index is 0.225. The van der Waals surface area contributed by atoms with Gasteiger partial charge in [0.15, 0.2) is 0 Å². The molecule has 2 rings (SSSR count). The van der Waals surface area contributed by atoms with E-state index in [0.717, 1.165) is 32.2 Å². The highest BCUT2D eigenvalue weighted by molar-refractivity contribution is 4.94. The summed E-state index contributed by atoms with van der Waals surface area (Å²) >= 11 is 0. The fraction of sp³-hybridized carbons (Fsp3) is 1.00. The first kappa shape index (κ1) is 14.3. The summed E-state index contributed by atoms with van der Waals surface area (Å²) in [5.41, 5.74) is 0.225. The highest BCUT2D eigenvalue weighted by atomic mass is 16.5. The van der Waals surface area contributed by atoms with Gasteiger partial charge in [-0.1, -0.05) is 19.8 Å². The molecule has 2 atom stereocenters. The highest BCUT2D eigenvalue weighted by Gasteiger charge is 2.41. The molecule has 2 fully saturated rings. The van der Waals surface area contributed by atoms with Crippen LogP contribution < -0.4 is 5.32 Å². The van der Waals surface area contributed by atoms with Crippen LogP contribution in [-0.4, -0.2) is 38.5 Å². The molecule has 3 nitrogen and oxygen atoms in total. The van der Waals surface area contributed by atoms with Gasteiger partial charge in [0.2, 0.25) is 0 Å². The number of hydrogen-bond donors (Lipinski definition) is 1. The molecule has 0 aromatic heterocycles. The Bertz CT molecular complexity index is 239. The topological polar surface area (TPSA) is 30.5 Å². The second-order valence-electron chi connectivity index (χ2n) is 5.96. The van der Waals surface area contributed by atoms with Gasteiger partial charge in [-0.2, -0.15) is 0 Å². The van der Waals surface area contributed by atoms with Gasteiger partial charge in [0.1, 0.15) is 0 Å². The van der Waals surface area contributed by atoms with Crippen LogP contribution in [0.2, 0.25) is 0 Å². The number of likely N-dealkylation sites (N-methyl/N-ethyl adjacent to an activating group) is 1. The van der Waals surface area contributed by atoms with E-state index >= 15 is 0 Å². The van der Waals surface area contributed by atoms with Gasteiger partial charge in [-0.15, -0.1) is 0 Å². The summed E-state index contributed by atoms with van der Waals surface area (Å²) < 4.78 is 11.8. The number of ether oxygens (including phenoxy) is 2. The van der Waals surface area contributed by atoms with Crippen molar-refractivity contribution < 1.29 is 9.47 Å². The molecule has 2 unspecified atom stereocenters. The summed E-state index contributed by atoms with van der Waals surface area (Å²) in [4.78, 5) is 0. The number of hydrogen-bond acceptors (Lipinski definition) is 3. The van der Waals surface area contributed by atoms with E-state index in [1.165, 1.54) is 38.5 Å². The maximum atomic E-state index is 6.11. The fourth-order valence-electron chi connectivity index (χ4n) is 3.59. The summed E-state index contributed by atoms with van der Waals surface area (Å²) in [6.07, 6.45) is 8.77. The third-order valence-electron chi connectivity index (χ3n) is 4.63. The van der Waals surface area contributed by atoms with Gasteiger partial charge in [0, 0.05) is 19.3 Å². The summed E-state index contributed by atoms with van der Waals surface area (Å²) in [7, 11) is 2.07. The van der Waals surface area contributed by atoms with Crippen LogP contribution in [0.3, 0.4) is 0 Å². The van der Waals surface area contributed by atoms with Crippen molar-refractivity contribution >= 4 is 0 Å². The van der Waals surface area contributed by atoms with E-state index in [0.29, 0.717) is 6.04 Å². The minimum Gasteiger partial charge on any atom is -0.380 e. The predicted octanol–water partition coefficient (Wildman–Crippen LogP) is 2.74. The van der Waals surface area contributed by atoms with Crippen molar-refractivity contribution in [2.45, 2.75) is 63.5 Å². The Morgan fingerprint density at radius 2 is 2.17 bits per heavy atom. The Morgan fingerprint density at radius 3 is 2.83 bits per heavy atom. The second kappa shape index (κ2) is 6.88. The Morgan fingerprint density at radius 1 is 1.39 bits per heavy atom. The van der Waals surface area contributed by atoms with Crippen molar-refractivity contribution in [1.29, 1.82) is 0 Å². The quantitative estimate of drug-likeness (QED) is 0.740. The van der Waals surface area contributed by atoms with Crippen molar-refractivity contribution in [3.05, 3.63) is 0 Å². The van der Waals surface area contributed by atoms with E-state index in [2.05, 4.69) is 19.3 Å². The molecule has 1 aliphatic heterocycles. The summed E-state index contributed by atoms with van der Waals surface area (Å²) in [6.45, 7) is 4.84. The zero-order chi connectivity index (χ0) is 12.8. The van der Waals surface area contributed by atoms with E-state index in [9.17, 15) is 0 Å². The van der Waals surface area contributed by atoms with Crippen LogP contribution in [-0.2, 0) is 9.47 Å². The van der Waals surface area contributed by atoms with Crippen molar-refractivity contribution in [3.8, 4) is 0 Å². The van der Waals surface area contributed by atoms with Gasteiger partial charge in [0.05, 0.1) is 12.2 Å². The van der Waals surface area contributed by atoms with Gasteiger partial charge in [-0.25, -0.2) is 0 Å². The van der Waals surface area contributed by atoms with E-state index < -0.39 is 0 Å². The molecule has 0 amide bonds. The molecule has 1 heterocycles. The van der Waals surface area contributed by atoms with Crippen molar-refractivity contribution in [1.82, 2.24) is 5.32 Å². The maximum Gasteiger partial charge on any atom is 0.0685 e. The molecule has 0 bridgehead atoms. The van der Waals surface area contributed by atoms with E-state index in [-0.39, 0.29) is 5.60 Å². The standard InChI is InChI=1S/C15H29NO2/c1-3-9-17-12-14(16-2)13-6-10-18-15(11-13)7-4-5-8-15/h13-14,16H,3-12H2,1-2H3. The first-order valence-corrected chi connectivity index (χ1v) is 7.68. The Labute approximate surface area is 112 Å². The van der Waals surface area contributed by atoms with Crippen LogP contribution >= 0.6 is 0 Å². The summed E-state index contributed by atoms with van der Waals surface area (Å²) in [6, 6.07) is 0.498. The highest BCUT2D eigenvalue weighted by Crippen LogP contribution is 2.42. The van der Waals surface area contributed by atoms with Crippen molar-refractivity contribution in [2.24, 2.45) is 5.92 Å². The van der Waals surface area contributed by atoms with Crippen LogP contribution in [0.15, 0.2) is 0 Å². The van der Waals surface area contributed by atoms with E-state index in [4.69, 9.17) is 9.47 Å². The van der Waals surface area contributed by atoms with Crippen molar-refractivity contribution in [2.75, 3.05) is 26.9 Å². The second-order valence-corrected chi connectivity index (χ2v) is 5.96. The van der Waals surface area contributed by atoms with Gasteiger partial charge >= 0.3 is 0 Å². The van der Waals surface area contributed by atoms with Crippen molar-refractivity contribution in [3.63, 3.8) is 0 Å². The summed E-state index contributed by atoms with van der Waals surface area (Å²) in [5.74, 6) is 0.721. The van der Waals surface area contributed by atoms with Gasteiger partial charge in [-0.05, 0) is 45.1 Å². The predicted molar refractivity (Wildman–Crippen MR) is 73.8 cm³/mol. The Balaban J connectivity index is 1.85. The monoisotopic (exact) mass is 255 g/mol. The zero-order valence-corrected chi connectivity index (χ0v) is 12.0. The third-order valence-corrected chi connectivity index (χ3v) is 4.63. The lowest BCUT2D eigenvalue weighted by Crippen LogP contribution is -2.46. The third kappa shape index (κ3) is 3.46. The molecule has 0 radical (unpaired) electrons. The van der Waals surface area contributed by atoms with Crippen LogP contribution in [0.1, 0.15) is 51.9 Å². The number of nitrogens with one attached hydrogen (secondary N) is 1. The zero-order valence-electron chi connectivity index (χ0n) is 12.0. The van der Waals surface area contributed by atoms with E-state index in [1.807, 2.05) is 0 Å². The molecule has 1 saturated carbocycles. The largest absolute Gasteiger partial charge is 0.380 e. The lowest BCUT2D eigenvalue weighted by molar-refractivity contribution is -0.101. The molecule has 1 aliphatic carbocycles. The Kier molecular flexibility index (Phi) is 5.46. The average Bonchev–Trinajstić information content (AvgIpc) is 2.83. The smallest absolute Gasteiger partial charge is 0.0685 e. The number of rotatable bonds is 6. The lowest BCUT2D eigenvalue weighted by Gasteiger charge is -2.41. The van der Waals surface area contributed by atoms with Crippen LogP contribution in [0.4, 0.5) is 0 Å². The molecule has 18 heavy (non-hydrogen) atoms. The summed E-state index contributed by atoms with van der Waals surface area (Å²) in [5, 5.41) is 3.46. The SMILES string of the molecule is CCCOCC(NC)C1CCOC2(CCCC2)C1. The molecule has 0 aromatic rings. The lowest BCUT2D eigenvalue weighted by atomic mass is 9.81. The first-order chi connectivity index (χ1) is 8.79. The van der Waals surface area contributed by atoms with Gasteiger partial charge in [0.25, 0.3) is 0 Å². The molecular weight excluding hydrogens is 226 g/mol. The molecule has 0 aromatic carbocycles. The fourth-order valence-corrected chi connectivity index (χ4v) is 3.59. The minimum absolute atomic E-state index is 0.225. The van der Waals surface area contributed by atoms with Crippen LogP contribution in [0, 0.1) is 5.92 Å². The van der Waals surface area contributed by atoms with Crippen LogP contribution in [0.25, 0.3) is 0 Å². The van der Waals surface area contributed by atoms with Gasteiger partial charge < -0.3 is 14.8 Å². The van der Waals surface area contributed by atoms with Crippen LogP contribution in [0.5, 0.6) is 0 Å². The normalized spacial score (nSPS) is 28.7. The van der Waals surface area contributed by atoms with E-state index in [1.54, 1.807) is 0 Å². The average molecular weight is 255 g/mol. The molecule has 1 saturated heterocycles. The Hall–Kier alpha value is -0.120.